The molecule has 168 valence electrons. The molecule has 9 heteroatoms. The van der Waals surface area contributed by atoms with Gasteiger partial charge in [0.1, 0.15) is 0 Å². The highest BCUT2D eigenvalue weighted by molar-refractivity contribution is 7.99. The zero-order valence-electron chi connectivity index (χ0n) is 17.3. The largest absolute Gasteiger partial charge is 0.416 e. The van der Waals surface area contributed by atoms with Crippen LogP contribution < -0.4 is 5.43 Å². The number of hydrogen-bond donors (Lipinski definition) is 1. The molecule has 0 fully saturated rings. The van der Waals surface area contributed by atoms with Gasteiger partial charge in [-0.25, -0.2) is 10.4 Å². The molecule has 0 aliphatic heterocycles. The second-order valence-corrected chi connectivity index (χ2v) is 8.10. The predicted molar refractivity (Wildman–Crippen MR) is 123 cm³/mol. The topological polar surface area (TPSA) is 59.3 Å². The minimum atomic E-state index is -4.39. The van der Waals surface area contributed by atoms with Crippen molar-refractivity contribution < 1.29 is 18.0 Å². The SMILES string of the molecule is O=C(CSc1nc2ccccc2n1Cc1ccccc1)N/N=C\c1ccc(C(F)(F)F)cc1. The number of fused-ring (bicyclic) bond motifs is 1. The summed E-state index contributed by atoms with van der Waals surface area (Å²) in [4.78, 5) is 16.9. The number of nitrogens with one attached hydrogen (secondary N) is 1. The molecule has 3 aromatic carbocycles. The maximum absolute atomic E-state index is 12.6. The number of thioether (sulfide) groups is 1. The number of carbonyl (C=O) groups excluding carboxylic acids is 1. The van der Waals surface area contributed by atoms with Crippen molar-refractivity contribution in [3.05, 3.63) is 95.6 Å². The van der Waals surface area contributed by atoms with Gasteiger partial charge < -0.3 is 4.57 Å². The second kappa shape index (κ2) is 9.91. The molecule has 0 aliphatic rings. The van der Waals surface area contributed by atoms with Crippen LogP contribution in [0.3, 0.4) is 0 Å². The molecule has 33 heavy (non-hydrogen) atoms. The smallest absolute Gasteiger partial charge is 0.314 e. The fourth-order valence-electron chi connectivity index (χ4n) is 3.18. The summed E-state index contributed by atoms with van der Waals surface area (Å²) >= 11 is 1.29. The summed E-state index contributed by atoms with van der Waals surface area (Å²) in [5.74, 6) is -0.260. The Morgan fingerprint density at radius 1 is 1.00 bits per heavy atom. The van der Waals surface area contributed by atoms with E-state index in [1.807, 2.05) is 54.6 Å². The summed E-state index contributed by atoms with van der Waals surface area (Å²) in [6.07, 6.45) is -3.09. The minimum Gasteiger partial charge on any atom is -0.314 e. The number of nitrogens with zero attached hydrogens (tertiary/aromatic N) is 3. The first kappa shape index (κ1) is 22.6. The number of rotatable bonds is 7. The van der Waals surface area contributed by atoms with E-state index >= 15 is 0 Å². The Labute approximate surface area is 192 Å². The first-order valence-corrected chi connectivity index (χ1v) is 11.0. The van der Waals surface area contributed by atoms with E-state index in [4.69, 9.17) is 0 Å². The second-order valence-electron chi connectivity index (χ2n) is 7.16. The Kier molecular flexibility index (Phi) is 6.79. The van der Waals surface area contributed by atoms with Crippen LogP contribution in [-0.2, 0) is 17.5 Å². The molecule has 0 saturated heterocycles. The molecule has 5 nitrogen and oxygen atoms in total. The lowest BCUT2D eigenvalue weighted by atomic mass is 10.1. The maximum atomic E-state index is 12.6. The monoisotopic (exact) mass is 468 g/mol. The number of para-hydroxylation sites is 2. The molecule has 1 N–H and O–H groups in total. The Balaban J connectivity index is 1.39. The fraction of sp³-hybridized carbons (Fsp3) is 0.125. The van der Waals surface area contributed by atoms with Crippen molar-refractivity contribution in [2.45, 2.75) is 17.9 Å². The van der Waals surface area contributed by atoms with Crippen LogP contribution >= 0.6 is 11.8 Å². The molecule has 1 amide bonds. The molecule has 0 bridgehead atoms. The van der Waals surface area contributed by atoms with Gasteiger partial charge in [0.15, 0.2) is 5.16 Å². The van der Waals surface area contributed by atoms with E-state index in [9.17, 15) is 18.0 Å². The molecule has 0 radical (unpaired) electrons. The van der Waals surface area contributed by atoms with E-state index in [2.05, 4.69) is 20.1 Å². The van der Waals surface area contributed by atoms with Crippen molar-refractivity contribution in [3.63, 3.8) is 0 Å². The Hall–Kier alpha value is -3.59. The van der Waals surface area contributed by atoms with Crippen LogP contribution in [0.5, 0.6) is 0 Å². The number of benzene rings is 3. The molecular weight excluding hydrogens is 449 g/mol. The first-order valence-electron chi connectivity index (χ1n) is 10.0. The summed E-state index contributed by atoms with van der Waals surface area (Å²) < 4.78 is 39.9. The quantitative estimate of drug-likeness (QED) is 0.226. The highest BCUT2D eigenvalue weighted by atomic mass is 32.2. The number of aromatic nitrogens is 2. The van der Waals surface area contributed by atoms with Gasteiger partial charge in [0.2, 0.25) is 0 Å². The summed E-state index contributed by atoms with van der Waals surface area (Å²) in [6, 6.07) is 22.3. The highest BCUT2D eigenvalue weighted by Crippen LogP contribution is 2.29. The van der Waals surface area contributed by atoms with Gasteiger partial charge in [0.25, 0.3) is 5.91 Å². The summed E-state index contributed by atoms with van der Waals surface area (Å²) in [5.41, 5.74) is 5.05. The van der Waals surface area contributed by atoms with Gasteiger partial charge in [-0.05, 0) is 35.4 Å². The third-order valence-electron chi connectivity index (χ3n) is 4.78. The van der Waals surface area contributed by atoms with Crippen molar-refractivity contribution in [1.82, 2.24) is 15.0 Å². The van der Waals surface area contributed by atoms with E-state index in [0.717, 1.165) is 28.7 Å². The lowest BCUT2D eigenvalue weighted by Crippen LogP contribution is -2.20. The van der Waals surface area contributed by atoms with E-state index < -0.39 is 11.7 Å². The summed E-state index contributed by atoms with van der Waals surface area (Å²) in [5, 5.41) is 4.54. The van der Waals surface area contributed by atoms with E-state index in [1.165, 1.54) is 30.1 Å². The highest BCUT2D eigenvalue weighted by Gasteiger charge is 2.29. The molecule has 0 spiro atoms. The molecule has 1 aromatic heterocycles. The van der Waals surface area contributed by atoms with Gasteiger partial charge in [-0.3, -0.25) is 4.79 Å². The number of hydrazone groups is 1. The minimum absolute atomic E-state index is 0.0858. The zero-order valence-corrected chi connectivity index (χ0v) is 18.1. The average Bonchev–Trinajstić information content (AvgIpc) is 3.15. The predicted octanol–water partition coefficient (Wildman–Crippen LogP) is 5.35. The normalized spacial score (nSPS) is 11.8. The number of halogens is 3. The van der Waals surface area contributed by atoms with Crippen molar-refractivity contribution >= 4 is 34.9 Å². The van der Waals surface area contributed by atoms with Crippen molar-refractivity contribution in [1.29, 1.82) is 0 Å². The standard InChI is InChI=1S/C24H19F3N4OS/c25-24(26,27)19-12-10-17(11-13-19)14-28-30-22(32)16-33-23-29-20-8-4-5-9-21(20)31(23)15-18-6-2-1-3-7-18/h1-14H,15-16H2,(H,30,32)/b28-14-. The molecular formula is C24H19F3N4OS. The van der Waals surface area contributed by atoms with Crippen LogP contribution in [0.4, 0.5) is 13.2 Å². The van der Waals surface area contributed by atoms with Gasteiger partial charge in [0.05, 0.1) is 35.1 Å². The number of carbonyl (C=O) groups is 1. The van der Waals surface area contributed by atoms with Gasteiger partial charge in [-0.2, -0.15) is 18.3 Å². The van der Waals surface area contributed by atoms with Crippen LogP contribution in [0.1, 0.15) is 16.7 Å². The molecule has 1 heterocycles. The average molecular weight is 469 g/mol. The van der Waals surface area contributed by atoms with Crippen molar-refractivity contribution in [3.8, 4) is 0 Å². The third-order valence-corrected chi connectivity index (χ3v) is 5.75. The van der Waals surface area contributed by atoms with E-state index in [1.54, 1.807) is 0 Å². The van der Waals surface area contributed by atoms with Crippen LogP contribution in [0, 0.1) is 0 Å². The number of hydrogen-bond acceptors (Lipinski definition) is 4. The number of amides is 1. The van der Waals surface area contributed by atoms with Gasteiger partial charge in [0, 0.05) is 0 Å². The van der Waals surface area contributed by atoms with E-state index in [-0.39, 0.29) is 11.7 Å². The van der Waals surface area contributed by atoms with Crippen molar-refractivity contribution in [2.75, 3.05) is 5.75 Å². The van der Waals surface area contributed by atoms with Gasteiger partial charge in [-0.15, -0.1) is 0 Å². The molecule has 0 aliphatic carbocycles. The third kappa shape index (κ3) is 5.81. The summed E-state index contributed by atoms with van der Waals surface area (Å²) in [6.45, 7) is 0.622. The van der Waals surface area contributed by atoms with Gasteiger partial charge >= 0.3 is 6.18 Å². The van der Waals surface area contributed by atoms with Gasteiger partial charge in [-0.1, -0.05) is 66.4 Å². The lowest BCUT2D eigenvalue weighted by molar-refractivity contribution is -0.137. The Morgan fingerprint density at radius 2 is 1.70 bits per heavy atom. The van der Waals surface area contributed by atoms with Crippen molar-refractivity contribution in [2.24, 2.45) is 5.10 Å². The molecule has 0 unspecified atom stereocenters. The zero-order chi connectivity index (χ0) is 23.3. The number of alkyl halides is 3. The summed E-state index contributed by atoms with van der Waals surface area (Å²) in [7, 11) is 0. The van der Waals surface area contributed by atoms with Crippen LogP contribution in [0.2, 0.25) is 0 Å². The fourth-order valence-corrected chi connectivity index (χ4v) is 3.99. The van der Waals surface area contributed by atoms with Crippen LogP contribution in [0.25, 0.3) is 11.0 Å². The van der Waals surface area contributed by atoms with E-state index in [0.29, 0.717) is 17.3 Å². The molecule has 4 rings (SSSR count). The molecule has 0 saturated carbocycles. The Morgan fingerprint density at radius 3 is 2.42 bits per heavy atom. The Bertz CT molecular complexity index is 1270. The van der Waals surface area contributed by atoms with Crippen LogP contribution in [-0.4, -0.2) is 27.4 Å². The molecule has 4 aromatic rings. The molecule has 0 atom stereocenters. The number of imidazole rings is 1. The maximum Gasteiger partial charge on any atom is 0.416 e. The first-order chi connectivity index (χ1) is 15.9. The van der Waals surface area contributed by atoms with Crippen LogP contribution in [0.15, 0.2) is 89.1 Å². The lowest BCUT2D eigenvalue weighted by Gasteiger charge is -2.09.